The second-order valence-electron chi connectivity index (χ2n) is 8.31. The quantitative estimate of drug-likeness (QED) is 0.564. The standard InChI is InChI=1S/C26H28N2O3/c1-26(2,3)28-25(30)22-11-7-8-12-23(22)27-24(29)20-13-15-21(16-14-20)31-18-17-19-9-5-4-6-10-19/h4-16H,17-18H2,1-3H3,(H,27,29)(H,28,30). The molecular weight excluding hydrogens is 388 g/mol. The highest BCUT2D eigenvalue weighted by Crippen LogP contribution is 2.19. The summed E-state index contributed by atoms with van der Waals surface area (Å²) in [5.41, 5.74) is 2.23. The summed E-state index contributed by atoms with van der Waals surface area (Å²) in [5.74, 6) is 0.190. The molecule has 0 saturated carbocycles. The van der Waals surface area contributed by atoms with E-state index in [4.69, 9.17) is 4.74 Å². The smallest absolute Gasteiger partial charge is 0.255 e. The summed E-state index contributed by atoms with van der Waals surface area (Å²) in [6.07, 6.45) is 0.816. The van der Waals surface area contributed by atoms with Crippen molar-refractivity contribution in [1.29, 1.82) is 0 Å². The summed E-state index contributed by atoms with van der Waals surface area (Å²) in [6.45, 7) is 6.30. The average Bonchev–Trinajstić information content (AvgIpc) is 2.74. The summed E-state index contributed by atoms with van der Waals surface area (Å²) < 4.78 is 5.78. The topological polar surface area (TPSA) is 67.4 Å². The Kier molecular flexibility index (Phi) is 7.08. The van der Waals surface area contributed by atoms with E-state index in [1.807, 2.05) is 39.0 Å². The largest absolute Gasteiger partial charge is 0.493 e. The van der Waals surface area contributed by atoms with Gasteiger partial charge in [0.2, 0.25) is 0 Å². The van der Waals surface area contributed by atoms with E-state index in [9.17, 15) is 9.59 Å². The lowest BCUT2D eigenvalue weighted by Crippen LogP contribution is -2.40. The number of nitrogens with one attached hydrogen (secondary N) is 2. The fraction of sp³-hybridized carbons (Fsp3) is 0.231. The fourth-order valence-electron chi connectivity index (χ4n) is 3.03. The maximum absolute atomic E-state index is 12.7. The van der Waals surface area contributed by atoms with Gasteiger partial charge < -0.3 is 15.4 Å². The monoisotopic (exact) mass is 416 g/mol. The predicted molar refractivity (Wildman–Crippen MR) is 124 cm³/mol. The normalized spacial score (nSPS) is 10.9. The molecule has 160 valence electrons. The van der Waals surface area contributed by atoms with Crippen LogP contribution in [0.3, 0.4) is 0 Å². The predicted octanol–water partition coefficient (Wildman–Crippen LogP) is 5.09. The highest BCUT2D eigenvalue weighted by Gasteiger charge is 2.19. The Bertz CT molecular complexity index is 1020. The Hall–Kier alpha value is -3.60. The molecule has 3 aromatic carbocycles. The molecule has 3 aromatic rings. The van der Waals surface area contributed by atoms with Crippen LogP contribution in [0.5, 0.6) is 5.75 Å². The van der Waals surface area contributed by atoms with Crippen molar-refractivity contribution in [2.24, 2.45) is 0 Å². The number of benzene rings is 3. The summed E-state index contributed by atoms with van der Waals surface area (Å²) in [7, 11) is 0. The lowest BCUT2D eigenvalue weighted by atomic mass is 10.1. The van der Waals surface area contributed by atoms with E-state index in [-0.39, 0.29) is 17.4 Å². The minimum Gasteiger partial charge on any atom is -0.493 e. The van der Waals surface area contributed by atoms with Crippen LogP contribution in [0.4, 0.5) is 5.69 Å². The number of ether oxygens (including phenoxy) is 1. The van der Waals surface area contributed by atoms with Crippen LogP contribution >= 0.6 is 0 Å². The molecule has 0 aliphatic rings. The molecule has 0 saturated heterocycles. The number of para-hydroxylation sites is 1. The number of rotatable bonds is 7. The van der Waals surface area contributed by atoms with E-state index in [0.29, 0.717) is 29.2 Å². The summed E-state index contributed by atoms with van der Waals surface area (Å²) in [5, 5.41) is 5.76. The van der Waals surface area contributed by atoms with Crippen LogP contribution in [0.25, 0.3) is 0 Å². The molecule has 2 N–H and O–H groups in total. The van der Waals surface area contributed by atoms with E-state index in [1.54, 1.807) is 48.5 Å². The second-order valence-corrected chi connectivity index (χ2v) is 8.31. The lowest BCUT2D eigenvalue weighted by molar-refractivity contribution is 0.0920. The van der Waals surface area contributed by atoms with Crippen molar-refractivity contribution in [3.05, 3.63) is 95.6 Å². The summed E-state index contributed by atoms with van der Waals surface area (Å²) >= 11 is 0. The fourth-order valence-corrected chi connectivity index (χ4v) is 3.03. The molecule has 0 bridgehead atoms. The molecule has 0 atom stereocenters. The van der Waals surface area contributed by atoms with Crippen molar-refractivity contribution in [1.82, 2.24) is 5.32 Å². The van der Waals surface area contributed by atoms with Gasteiger partial charge in [0.05, 0.1) is 17.9 Å². The van der Waals surface area contributed by atoms with Gasteiger partial charge in [-0.1, -0.05) is 42.5 Å². The van der Waals surface area contributed by atoms with Crippen LogP contribution in [0.1, 0.15) is 47.1 Å². The van der Waals surface area contributed by atoms with Crippen molar-refractivity contribution in [2.45, 2.75) is 32.7 Å². The molecule has 3 rings (SSSR count). The Morgan fingerprint density at radius 1 is 0.806 bits per heavy atom. The second kappa shape index (κ2) is 9.94. The van der Waals surface area contributed by atoms with Crippen LogP contribution in [-0.4, -0.2) is 24.0 Å². The highest BCUT2D eigenvalue weighted by atomic mass is 16.5. The molecule has 5 nitrogen and oxygen atoms in total. The molecule has 0 heterocycles. The van der Waals surface area contributed by atoms with Gasteiger partial charge in [-0.3, -0.25) is 9.59 Å². The van der Waals surface area contributed by atoms with Crippen LogP contribution in [-0.2, 0) is 6.42 Å². The molecule has 0 aliphatic carbocycles. The van der Waals surface area contributed by atoms with Crippen LogP contribution in [0.2, 0.25) is 0 Å². The van der Waals surface area contributed by atoms with Gasteiger partial charge in [0.25, 0.3) is 11.8 Å². The minimum atomic E-state index is -0.370. The first-order valence-corrected chi connectivity index (χ1v) is 10.3. The maximum atomic E-state index is 12.7. The molecule has 2 amide bonds. The van der Waals surface area contributed by atoms with Gasteiger partial charge in [-0.2, -0.15) is 0 Å². The van der Waals surface area contributed by atoms with Crippen LogP contribution in [0, 0.1) is 0 Å². The highest BCUT2D eigenvalue weighted by molar-refractivity contribution is 6.09. The lowest BCUT2D eigenvalue weighted by Gasteiger charge is -2.21. The van der Waals surface area contributed by atoms with Gasteiger partial charge in [0.1, 0.15) is 5.75 Å². The molecule has 0 aliphatic heterocycles. The number of carbonyl (C=O) groups excluding carboxylic acids is 2. The maximum Gasteiger partial charge on any atom is 0.255 e. The van der Waals surface area contributed by atoms with E-state index in [2.05, 4.69) is 22.8 Å². The van der Waals surface area contributed by atoms with Gasteiger partial charge in [0.15, 0.2) is 0 Å². The molecule has 0 unspecified atom stereocenters. The molecular formula is C26H28N2O3. The zero-order valence-corrected chi connectivity index (χ0v) is 18.1. The third-order valence-corrected chi connectivity index (χ3v) is 4.53. The number of amides is 2. The van der Waals surface area contributed by atoms with Crippen LogP contribution in [0.15, 0.2) is 78.9 Å². The number of hydrogen-bond acceptors (Lipinski definition) is 3. The zero-order chi connectivity index (χ0) is 22.3. The van der Waals surface area contributed by atoms with Crippen molar-refractivity contribution >= 4 is 17.5 Å². The van der Waals surface area contributed by atoms with Gasteiger partial charge in [0, 0.05) is 17.5 Å². The van der Waals surface area contributed by atoms with Crippen molar-refractivity contribution in [3.8, 4) is 5.75 Å². The number of hydrogen-bond donors (Lipinski definition) is 2. The van der Waals surface area contributed by atoms with Crippen LogP contribution < -0.4 is 15.4 Å². The minimum absolute atomic E-state index is 0.231. The number of anilines is 1. The van der Waals surface area contributed by atoms with E-state index in [1.165, 1.54) is 5.56 Å². The third-order valence-electron chi connectivity index (χ3n) is 4.53. The van der Waals surface area contributed by atoms with Crippen molar-refractivity contribution < 1.29 is 14.3 Å². The van der Waals surface area contributed by atoms with Gasteiger partial charge in [-0.05, 0) is 62.7 Å². The van der Waals surface area contributed by atoms with Gasteiger partial charge in [-0.25, -0.2) is 0 Å². The third kappa shape index (κ3) is 6.71. The molecule has 0 aromatic heterocycles. The summed E-state index contributed by atoms with van der Waals surface area (Å²) in [6, 6.07) is 24.1. The average molecular weight is 417 g/mol. The zero-order valence-electron chi connectivity index (χ0n) is 18.1. The van der Waals surface area contributed by atoms with Crippen molar-refractivity contribution in [2.75, 3.05) is 11.9 Å². The molecule has 31 heavy (non-hydrogen) atoms. The first kappa shape index (κ1) is 22.1. The Morgan fingerprint density at radius 3 is 2.13 bits per heavy atom. The Balaban J connectivity index is 1.60. The van der Waals surface area contributed by atoms with Gasteiger partial charge in [-0.15, -0.1) is 0 Å². The van der Waals surface area contributed by atoms with E-state index >= 15 is 0 Å². The Morgan fingerprint density at radius 2 is 1.45 bits per heavy atom. The van der Waals surface area contributed by atoms with Gasteiger partial charge >= 0.3 is 0 Å². The molecule has 5 heteroatoms. The molecule has 0 radical (unpaired) electrons. The first-order chi connectivity index (χ1) is 14.8. The summed E-state index contributed by atoms with van der Waals surface area (Å²) in [4.78, 5) is 25.3. The van der Waals surface area contributed by atoms with E-state index in [0.717, 1.165) is 6.42 Å². The molecule has 0 fully saturated rings. The Labute approximate surface area is 183 Å². The van der Waals surface area contributed by atoms with Crippen molar-refractivity contribution in [3.63, 3.8) is 0 Å². The first-order valence-electron chi connectivity index (χ1n) is 10.3. The SMILES string of the molecule is CC(C)(C)NC(=O)c1ccccc1NC(=O)c1ccc(OCCc2ccccc2)cc1. The molecule has 0 spiro atoms. The number of carbonyl (C=O) groups is 2. The van der Waals surface area contributed by atoms with E-state index < -0.39 is 0 Å².